The Labute approximate surface area is 247 Å². The number of benzene rings is 1. The fourth-order valence-corrected chi connectivity index (χ4v) is 6.86. The molecule has 3 aromatic heterocycles. The van der Waals surface area contributed by atoms with E-state index in [-0.39, 0.29) is 28.4 Å². The second kappa shape index (κ2) is 10.4. The van der Waals surface area contributed by atoms with Crippen LogP contribution in [0.1, 0.15) is 51.8 Å². The number of hydrogen-bond donors (Lipinski definition) is 2. The van der Waals surface area contributed by atoms with Gasteiger partial charge in [-0.25, -0.2) is 9.97 Å². The summed E-state index contributed by atoms with van der Waals surface area (Å²) >= 11 is 7.30. The third kappa shape index (κ3) is 4.84. The minimum absolute atomic E-state index is 0.0735. The van der Waals surface area contributed by atoms with Gasteiger partial charge < -0.3 is 10.2 Å². The van der Waals surface area contributed by atoms with Crippen LogP contribution in [0.5, 0.6) is 0 Å². The Kier molecular flexibility index (Phi) is 6.97. The summed E-state index contributed by atoms with van der Waals surface area (Å²) < 4.78 is 6.27. The van der Waals surface area contributed by atoms with E-state index in [0.717, 1.165) is 29.9 Å². The standard InChI is InChI=1S/C29H33ClN8O2S/c1-14-9-17(15(2)31-22-7-8-23(30)32-26(22)27(39)35-41-6)25-18(10-14)28(40)37(5)29(33-25)38-12-20-21(13-38)24(20)19-11-36(4)34-16(19)3/h7-11,15,20-21,24,31H,12-13H2,1-6H3,(H,35,39). The zero-order valence-corrected chi connectivity index (χ0v) is 25.5. The molecule has 0 bridgehead atoms. The molecular formula is C29H33ClN8O2S. The first-order chi connectivity index (χ1) is 19.6. The highest BCUT2D eigenvalue weighted by atomic mass is 35.5. The van der Waals surface area contributed by atoms with E-state index in [4.69, 9.17) is 16.6 Å². The summed E-state index contributed by atoms with van der Waals surface area (Å²) in [5, 5.41) is 8.76. The van der Waals surface area contributed by atoms with Crippen molar-refractivity contribution in [1.29, 1.82) is 0 Å². The van der Waals surface area contributed by atoms with Crippen LogP contribution in [0, 0.1) is 25.7 Å². The molecular weight excluding hydrogens is 560 g/mol. The minimum Gasteiger partial charge on any atom is -0.377 e. The highest BCUT2D eigenvalue weighted by Gasteiger charge is 2.57. The Balaban J connectivity index is 1.33. The van der Waals surface area contributed by atoms with E-state index in [1.54, 1.807) is 30.0 Å². The van der Waals surface area contributed by atoms with Crippen molar-refractivity contribution in [2.75, 3.05) is 29.6 Å². The monoisotopic (exact) mass is 592 g/mol. The summed E-state index contributed by atoms with van der Waals surface area (Å²) in [6, 6.07) is 7.05. The molecule has 1 saturated heterocycles. The van der Waals surface area contributed by atoms with Gasteiger partial charge in [-0.1, -0.05) is 29.6 Å². The number of hydrogen-bond acceptors (Lipinski definition) is 8. The topological polar surface area (TPSA) is 110 Å². The van der Waals surface area contributed by atoms with Gasteiger partial charge in [0.25, 0.3) is 11.5 Å². The molecule has 3 unspecified atom stereocenters. The van der Waals surface area contributed by atoms with Gasteiger partial charge in [-0.05, 0) is 67.9 Å². The number of pyridine rings is 1. The van der Waals surface area contributed by atoms with Gasteiger partial charge in [0, 0.05) is 45.2 Å². The number of carbonyl (C=O) groups is 1. The quantitative estimate of drug-likeness (QED) is 0.241. The number of nitrogens with zero attached hydrogens (tertiary/aromatic N) is 6. The van der Waals surface area contributed by atoms with E-state index >= 15 is 0 Å². The Hall–Kier alpha value is -3.57. The Morgan fingerprint density at radius 3 is 2.54 bits per heavy atom. The number of amides is 1. The second-order valence-corrected chi connectivity index (χ2v) is 12.2. The van der Waals surface area contributed by atoms with Gasteiger partial charge in [-0.2, -0.15) is 5.10 Å². The van der Waals surface area contributed by atoms with Gasteiger partial charge >= 0.3 is 0 Å². The molecule has 1 aromatic carbocycles. The highest BCUT2D eigenvalue weighted by Crippen LogP contribution is 2.59. The lowest BCUT2D eigenvalue weighted by atomic mass is 10.0. The third-order valence-corrected chi connectivity index (χ3v) is 8.93. The summed E-state index contributed by atoms with van der Waals surface area (Å²) in [5.74, 6) is 1.93. The van der Waals surface area contributed by atoms with Crippen molar-refractivity contribution in [2.24, 2.45) is 25.9 Å². The van der Waals surface area contributed by atoms with Gasteiger partial charge in [-0.15, -0.1) is 0 Å². The number of piperidine rings is 1. The molecule has 1 aliphatic carbocycles. The molecule has 4 aromatic rings. The van der Waals surface area contributed by atoms with E-state index in [0.29, 0.717) is 40.3 Å². The first-order valence-electron chi connectivity index (χ1n) is 13.6. The van der Waals surface area contributed by atoms with Gasteiger partial charge in [0.15, 0.2) is 5.69 Å². The molecule has 1 aliphatic heterocycles. The van der Waals surface area contributed by atoms with Crippen molar-refractivity contribution >= 4 is 52.0 Å². The molecule has 2 fully saturated rings. The van der Waals surface area contributed by atoms with Crippen LogP contribution in [-0.2, 0) is 14.1 Å². The van der Waals surface area contributed by atoms with Crippen molar-refractivity contribution in [2.45, 2.75) is 32.7 Å². The number of aryl methyl sites for hydroxylation is 3. The molecule has 41 heavy (non-hydrogen) atoms. The fraction of sp³-hybridized carbons (Fsp3) is 0.414. The average Bonchev–Trinajstić information content (AvgIpc) is 3.22. The van der Waals surface area contributed by atoms with Crippen LogP contribution in [0.2, 0.25) is 5.15 Å². The first kappa shape index (κ1) is 27.6. The predicted molar refractivity (Wildman–Crippen MR) is 164 cm³/mol. The van der Waals surface area contributed by atoms with Crippen LogP contribution in [0.15, 0.2) is 35.3 Å². The largest absolute Gasteiger partial charge is 0.377 e. The van der Waals surface area contributed by atoms with E-state index in [1.165, 1.54) is 17.5 Å². The molecule has 6 rings (SSSR count). The molecule has 10 nitrogen and oxygen atoms in total. The van der Waals surface area contributed by atoms with Crippen LogP contribution >= 0.6 is 23.5 Å². The van der Waals surface area contributed by atoms with E-state index in [1.807, 2.05) is 37.7 Å². The normalized spacial score (nSPS) is 20.3. The van der Waals surface area contributed by atoms with Crippen LogP contribution in [0.4, 0.5) is 11.6 Å². The van der Waals surface area contributed by atoms with Crippen LogP contribution < -0.4 is 20.5 Å². The van der Waals surface area contributed by atoms with Crippen molar-refractivity contribution in [1.82, 2.24) is 29.0 Å². The lowest BCUT2D eigenvalue weighted by molar-refractivity contribution is 0.0980. The summed E-state index contributed by atoms with van der Waals surface area (Å²) in [7, 11) is 3.77. The van der Waals surface area contributed by atoms with Gasteiger partial charge in [0.05, 0.1) is 28.3 Å². The lowest BCUT2D eigenvalue weighted by Gasteiger charge is -2.25. The minimum atomic E-state index is -0.342. The van der Waals surface area contributed by atoms with Crippen LogP contribution in [-0.4, -0.2) is 49.6 Å². The Morgan fingerprint density at radius 2 is 1.88 bits per heavy atom. The molecule has 4 heterocycles. The maximum atomic E-state index is 13.7. The van der Waals surface area contributed by atoms with Gasteiger partial charge in [0.2, 0.25) is 5.95 Å². The molecule has 3 atom stereocenters. The van der Waals surface area contributed by atoms with E-state index < -0.39 is 0 Å². The summed E-state index contributed by atoms with van der Waals surface area (Å²) in [5.41, 5.74) is 5.60. The maximum absolute atomic E-state index is 13.7. The predicted octanol–water partition coefficient (Wildman–Crippen LogP) is 4.36. The number of rotatable bonds is 7. The number of anilines is 2. The molecule has 2 aliphatic rings. The van der Waals surface area contributed by atoms with Crippen LogP contribution in [0.3, 0.4) is 0 Å². The zero-order valence-electron chi connectivity index (χ0n) is 23.9. The van der Waals surface area contributed by atoms with Crippen molar-refractivity contribution < 1.29 is 4.79 Å². The zero-order chi connectivity index (χ0) is 29.2. The number of fused-ring (bicyclic) bond motifs is 2. The van der Waals surface area contributed by atoms with Gasteiger partial charge in [0.1, 0.15) is 5.15 Å². The smallest absolute Gasteiger partial charge is 0.281 e. The SMILES string of the molecule is CSNC(=O)c1nc(Cl)ccc1NC(C)c1cc(C)cc2c(=O)n(C)c(N3CC4C(C3)C4c3cn(C)nc3C)nc12. The van der Waals surface area contributed by atoms with Crippen molar-refractivity contribution in [3.63, 3.8) is 0 Å². The first-order valence-corrected chi connectivity index (χ1v) is 15.2. The maximum Gasteiger partial charge on any atom is 0.281 e. The second-order valence-electron chi connectivity index (χ2n) is 11.2. The molecule has 1 saturated carbocycles. The van der Waals surface area contributed by atoms with Crippen molar-refractivity contribution in [3.8, 4) is 0 Å². The number of nitrogens with one attached hydrogen (secondary N) is 2. The summed E-state index contributed by atoms with van der Waals surface area (Å²) in [6.45, 7) is 7.75. The Morgan fingerprint density at radius 1 is 1.15 bits per heavy atom. The van der Waals surface area contributed by atoms with Crippen molar-refractivity contribution in [3.05, 3.63) is 74.0 Å². The summed E-state index contributed by atoms with van der Waals surface area (Å²) in [6.07, 6.45) is 3.91. The highest BCUT2D eigenvalue weighted by molar-refractivity contribution is 7.97. The Bertz CT molecular complexity index is 1740. The molecule has 0 radical (unpaired) electrons. The molecule has 12 heteroatoms. The molecule has 214 valence electrons. The van der Waals surface area contributed by atoms with Gasteiger partial charge in [-0.3, -0.25) is 23.6 Å². The molecule has 0 spiro atoms. The lowest BCUT2D eigenvalue weighted by Crippen LogP contribution is -2.32. The summed E-state index contributed by atoms with van der Waals surface area (Å²) in [4.78, 5) is 37.9. The average molecular weight is 593 g/mol. The van der Waals surface area contributed by atoms with Crippen LogP contribution in [0.25, 0.3) is 10.9 Å². The third-order valence-electron chi connectivity index (χ3n) is 8.33. The van der Waals surface area contributed by atoms with E-state index in [9.17, 15) is 9.59 Å². The molecule has 2 N–H and O–H groups in total. The fourth-order valence-electron chi connectivity index (χ4n) is 6.43. The van der Waals surface area contributed by atoms with E-state index in [2.05, 4.69) is 38.1 Å². The number of carbonyl (C=O) groups excluding carboxylic acids is 1. The molecule has 1 amide bonds. The number of halogens is 1. The number of aromatic nitrogens is 5.